The van der Waals surface area contributed by atoms with E-state index in [4.69, 9.17) is 69.6 Å². The third kappa shape index (κ3) is 22.2. The largest absolute Gasteiger partial charge is 3.00 e. The van der Waals surface area contributed by atoms with Crippen LogP contribution in [0.3, 0.4) is 0 Å². The first-order chi connectivity index (χ1) is 9.54. The van der Waals surface area contributed by atoms with Gasteiger partial charge >= 0.3 is 17.4 Å². The fourth-order valence-electron chi connectivity index (χ4n) is 0.134. The van der Waals surface area contributed by atoms with Crippen LogP contribution in [0.1, 0.15) is 0 Å². The first-order valence-electron chi connectivity index (χ1n) is 4.06. The summed E-state index contributed by atoms with van der Waals surface area (Å²) in [6.07, 6.45) is 0. The molecule has 0 aromatic heterocycles. The third-order valence-corrected chi connectivity index (χ3v) is 2.65. The zero-order valence-corrected chi connectivity index (χ0v) is 15.7. The third-order valence-electron chi connectivity index (χ3n) is 0.872. The Morgan fingerprint density at radius 3 is 0.727 bits per heavy atom. The number of halogens is 6. The maximum Gasteiger partial charge on any atom is 3.00 e. The molecule has 0 atom stereocenters. The number of carbonyl (C=O) groups is 3. The standard InChI is InChI=1S/3C3H2Cl2O2.Al/c3*4-1-2(5)3(6)7;/h3*1H,(H,6,7);/q;;;+3/p-3. The summed E-state index contributed by atoms with van der Waals surface area (Å²) < 4.78 is 0. The van der Waals surface area contributed by atoms with Gasteiger partial charge in [0.1, 0.15) is 0 Å². The Labute approximate surface area is 165 Å². The van der Waals surface area contributed by atoms with Gasteiger partial charge in [-0.25, -0.2) is 0 Å². The predicted molar refractivity (Wildman–Crippen MR) is 80.1 cm³/mol. The van der Waals surface area contributed by atoms with Crippen molar-refractivity contribution in [3.8, 4) is 0 Å². The summed E-state index contributed by atoms with van der Waals surface area (Å²) in [5.74, 6) is -4.38. The molecule has 0 bridgehead atoms. The van der Waals surface area contributed by atoms with Gasteiger partial charge in [-0.3, -0.25) is 0 Å². The second-order valence-electron chi connectivity index (χ2n) is 2.23. The van der Waals surface area contributed by atoms with Crippen LogP contribution in [0.2, 0.25) is 0 Å². The maximum atomic E-state index is 9.53. The summed E-state index contributed by atoms with van der Waals surface area (Å²) in [7, 11) is 0. The molecule has 0 aliphatic heterocycles. The van der Waals surface area contributed by atoms with Crippen molar-refractivity contribution in [1.29, 1.82) is 0 Å². The van der Waals surface area contributed by atoms with Crippen molar-refractivity contribution < 1.29 is 29.7 Å². The minimum Gasteiger partial charge on any atom is -0.544 e. The van der Waals surface area contributed by atoms with E-state index in [1.165, 1.54) is 0 Å². The number of rotatable bonds is 3. The van der Waals surface area contributed by atoms with Crippen molar-refractivity contribution in [2.24, 2.45) is 0 Å². The molecular formula is C9H3AlCl6O6. The van der Waals surface area contributed by atoms with Crippen molar-refractivity contribution in [2.75, 3.05) is 0 Å². The fourth-order valence-corrected chi connectivity index (χ4v) is 0.401. The zero-order valence-electron chi connectivity index (χ0n) is 10.0. The van der Waals surface area contributed by atoms with Gasteiger partial charge in [-0.1, -0.05) is 69.6 Å². The number of carbonyl (C=O) groups excluding carboxylic acids is 3. The van der Waals surface area contributed by atoms with E-state index in [0.29, 0.717) is 0 Å². The Kier molecular flexibility index (Phi) is 25.7. The first-order valence-corrected chi connectivity index (χ1v) is 6.51. The Balaban J connectivity index is -0.000000108. The van der Waals surface area contributed by atoms with Gasteiger partial charge in [-0.05, 0) is 0 Å². The van der Waals surface area contributed by atoms with Gasteiger partial charge in [0.15, 0.2) is 0 Å². The normalized spacial score (nSPS) is 10.9. The molecule has 120 valence electrons. The van der Waals surface area contributed by atoms with Crippen LogP contribution in [-0.4, -0.2) is 35.3 Å². The molecule has 0 rings (SSSR count). The smallest absolute Gasteiger partial charge is 0.544 e. The molecular weight excluding hydrogens is 444 g/mol. The molecule has 0 aromatic carbocycles. The molecule has 0 unspecified atom stereocenters. The van der Waals surface area contributed by atoms with E-state index in [0.717, 1.165) is 16.6 Å². The van der Waals surface area contributed by atoms with E-state index in [1.54, 1.807) is 0 Å². The van der Waals surface area contributed by atoms with Gasteiger partial charge in [0, 0.05) is 16.6 Å². The van der Waals surface area contributed by atoms with Crippen LogP contribution < -0.4 is 15.3 Å². The number of aliphatic carboxylic acids is 3. The molecule has 0 spiro atoms. The molecule has 22 heavy (non-hydrogen) atoms. The quantitative estimate of drug-likeness (QED) is 0.437. The molecule has 6 nitrogen and oxygen atoms in total. The molecule has 0 aliphatic rings. The van der Waals surface area contributed by atoms with Crippen LogP contribution >= 0.6 is 69.6 Å². The van der Waals surface area contributed by atoms with Crippen molar-refractivity contribution in [2.45, 2.75) is 0 Å². The summed E-state index contributed by atoms with van der Waals surface area (Å²) in [5.41, 5.74) is 2.20. The van der Waals surface area contributed by atoms with Crippen molar-refractivity contribution >= 4 is 105 Å². The van der Waals surface area contributed by atoms with Gasteiger partial charge in [0.2, 0.25) is 0 Å². The molecule has 0 saturated heterocycles. The molecule has 0 aliphatic carbocycles. The average Bonchev–Trinajstić information content (AvgIpc) is 2.45. The number of carboxylic acids is 3. The molecule has 0 fully saturated rings. The zero-order chi connectivity index (χ0) is 17.6. The number of carboxylic acid groups (broad SMARTS) is 3. The average molecular weight is 447 g/mol. The molecule has 13 heteroatoms. The molecule has 0 radical (unpaired) electrons. The predicted octanol–water partition coefficient (Wildman–Crippen LogP) is -0.215. The van der Waals surface area contributed by atoms with Crippen LogP contribution in [0.4, 0.5) is 0 Å². The van der Waals surface area contributed by atoms with E-state index < -0.39 is 33.0 Å². The van der Waals surface area contributed by atoms with E-state index in [1.807, 2.05) is 0 Å². The fraction of sp³-hybridized carbons (Fsp3) is 0. The first kappa shape index (κ1) is 29.9. The van der Waals surface area contributed by atoms with Crippen molar-refractivity contribution in [3.05, 3.63) is 31.7 Å². The van der Waals surface area contributed by atoms with E-state index in [2.05, 4.69) is 0 Å². The molecule has 0 saturated carbocycles. The second-order valence-corrected chi connectivity index (χ2v) is 4.11. The van der Waals surface area contributed by atoms with Crippen LogP contribution in [0.15, 0.2) is 31.7 Å². The van der Waals surface area contributed by atoms with Crippen molar-refractivity contribution in [1.82, 2.24) is 0 Å². The Bertz CT molecular complexity index is 395. The molecule has 0 heterocycles. The van der Waals surface area contributed by atoms with Gasteiger partial charge in [-0.2, -0.15) is 0 Å². The molecule has 0 aromatic rings. The molecule has 0 N–H and O–H groups in total. The summed E-state index contributed by atoms with van der Waals surface area (Å²) in [5, 5.41) is 27.1. The summed E-state index contributed by atoms with van der Waals surface area (Å²) >= 11 is 29.1. The summed E-state index contributed by atoms with van der Waals surface area (Å²) in [6, 6.07) is 0. The van der Waals surface area contributed by atoms with Crippen LogP contribution in [0.25, 0.3) is 0 Å². The topological polar surface area (TPSA) is 120 Å². The van der Waals surface area contributed by atoms with Gasteiger partial charge < -0.3 is 29.7 Å². The minimum atomic E-state index is -1.46. The second kappa shape index (κ2) is 19.0. The van der Waals surface area contributed by atoms with Crippen LogP contribution in [0, 0.1) is 0 Å². The SMILES string of the molecule is O=C([O-])C(Cl)=CCl.O=C([O-])C(Cl)=CCl.O=C([O-])C(Cl)=CCl.[Al+3]. The van der Waals surface area contributed by atoms with Gasteiger partial charge in [-0.15, -0.1) is 0 Å². The van der Waals surface area contributed by atoms with Crippen molar-refractivity contribution in [3.63, 3.8) is 0 Å². The van der Waals surface area contributed by atoms with E-state index >= 15 is 0 Å². The van der Waals surface area contributed by atoms with Crippen LogP contribution in [-0.2, 0) is 14.4 Å². The van der Waals surface area contributed by atoms with Crippen LogP contribution in [0.5, 0.6) is 0 Å². The van der Waals surface area contributed by atoms with E-state index in [9.17, 15) is 29.7 Å². The monoisotopic (exact) mass is 444 g/mol. The molecule has 0 amide bonds. The van der Waals surface area contributed by atoms with Gasteiger partial charge in [0.25, 0.3) is 0 Å². The minimum absolute atomic E-state index is 0. The summed E-state index contributed by atoms with van der Waals surface area (Å²) in [4.78, 5) is 28.6. The Morgan fingerprint density at radius 2 is 0.727 bits per heavy atom. The Hall–Kier alpha value is -0.0975. The van der Waals surface area contributed by atoms with Gasteiger partial charge in [0.05, 0.1) is 33.0 Å². The Morgan fingerprint density at radius 1 is 0.591 bits per heavy atom. The summed E-state index contributed by atoms with van der Waals surface area (Å²) in [6.45, 7) is 0. The maximum absolute atomic E-state index is 9.53. The number of hydrogen-bond donors (Lipinski definition) is 0. The van der Waals surface area contributed by atoms with E-state index in [-0.39, 0.29) is 17.4 Å². The number of hydrogen-bond acceptors (Lipinski definition) is 6.